The van der Waals surface area contributed by atoms with E-state index in [2.05, 4.69) is 32.0 Å². The lowest BCUT2D eigenvalue weighted by Crippen LogP contribution is -1.81. The number of hydrogen-bond acceptors (Lipinski definition) is 2. The van der Waals surface area contributed by atoms with Crippen LogP contribution in [0.3, 0.4) is 0 Å². The van der Waals surface area contributed by atoms with Crippen LogP contribution in [0.5, 0.6) is 0 Å². The SMILES string of the molecule is N#Cc1cccc(-c2nc3cc(Br)c(F)cc3[nH]2)c1. The van der Waals surface area contributed by atoms with Crippen LogP contribution in [0.4, 0.5) is 4.39 Å². The number of fused-ring (bicyclic) bond motifs is 1. The molecular formula is C14H7BrFN3. The number of rotatable bonds is 1. The molecule has 0 radical (unpaired) electrons. The topological polar surface area (TPSA) is 52.5 Å². The highest BCUT2D eigenvalue weighted by Crippen LogP contribution is 2.25. The molecule has 2 aromatic carbocycles. The van der Waals surface area contributed by atoms with Crippen molar-refractivity contribution in [2.45, 2.75) is 0 Å². The third-order valence-electron chi connectivity index (χ3n) is 2.79. The van der Waals surface area contributed by atoms with E-state index >= 15 is 0 Å². The molecule has 92 valence electrons. The summed E-state index contributed by atoms with van der Waals surface area (Å²) in [5, 5.41) is 8.89. The molecule has 1 N–H and O–H groups in total. The van der Waals surface area contributed by atoms with Crippen LogP contribution >= 0.6 is 15.9 Å². The normalized spacial score (nSPS) is 10.6. The van der Waals surface area contributed by atoms with Gasteiger partial charge in [-0.05, 0) is 34.1 Å². The largest absolute Gasteiger partial charge is 0.338 e. The van der Waals surface area contributed by atoms with Crippen molar-refractivity contribution in [2.75, 3.05) is 0 Å². The van der Waals surface area contributed by atoms with Crippen LogP contribution in [-0.4, -0.2) is 9.97 Å². The van der Waals surface area contributed by atoms with Gasteiger partial charge >= 0.3 is 0 Å². The molecule has 19 heavy (non-hydrogen) atoms. The Morgan fingerprint density at radius 1 is 1.26 bits per heavy atom. The first-order valence-corrected chi connectivity index (χ1v) is 6.32. The molecular weight excluding hydrogens is 309 g/mol. The van der Waals surface area contributed by atoms with Gasteiger partial charge in [-0.1, -0.05) is 12.1 Å². The first-order chi connectivity index (χ1) is 9.17. The molecule has 0 aliphatic heterocycles. The van der Waals surface area contributed by atoms with E-state index in [4.69, 9.17) is 5.26 Å². The van der Waals surface area contributed by atoms with E-state index in [0.717, 1.165) is 5.56 Å². The van der Waals surface area contributed by atoms with Gasteiger partial charge < -0.3 is 4.98 Å². The van der Waals surface area contributed by atoms with E-state index in [-0.39, 0.29) is 5.82 Å². The summed E-state index contributed by atoms with van der Waals surface area (Å²) in [7, 11) is 0. The van der Waals surface area contributed by atoms with Crippen molar-refractivity contribution in [3.63, 3.8) is 0 Å². The number of nitriles is 1. The zero-order chi connectivity index (χ0) is 13.4. The minimum Gasteiger partial charge on any atom is -0.338 e. The Bertz CT molecular complexity index is 778. The highest BCUT2D eigenvalue weighted by molar-refractivity contribution is 9.10. The third-order valence-corrected chi connectivity index (χ3v) is 3.40. The minimum absolute atomic E-state index is 0.339. The molecule has 0 saturated heterocycles. The second-order valence-corrected chi connectivity index (χ2v) is 4.92. The smallest absolute Gasteiger partial charge is 0.139 e. The molecule has 0 aliphatic rings. The average Bonchev–Trinajstić information content (AvgIpc) is 2.82. The van der Waals surface area contributed by atoms with E-state index in [1.165, 1.54) is 6.07 Å². The molecule has 0 spiro atoms. The monoisotopic (exact) mass is 315 g/mol. The summed E-state index contributed by atoms with van der Waals surface area (Å²) in [6, 6.07) is 12.2. The van der Waals surface area contributed by atoms with E-state index in [0.29, 0.717) is 26.9 Å². The molecule has 0 amide bonds. The maximum atomic E-state index is 13.4. The number of benzene rings is 2. The Kier molecular flexibility index (Phi) is 2.80. The molecule has 0 saturated carbocycles. The first kappa shape index (κ1) is 11.9. The second-order valence-electron chi connectivity index (χ2n) is 4.06. The van der Waals surface area contributed by atoms with Crippen LogP contribution in [-0.2, 0) is 0 Å². The van der Waals surface area contributed by atoms with Gasteiger partial charge in [0.25, 0.3) is 0 Å². The van der Waals surface area contributed by atoms with Crippen LogP contribution in [0.15, 0.2) is 40.9 Å². The Hall–Kier alpha value is -2.19. The van der Waals surface area contributed by atoms with E-state index in [1.54, 1.807) is 24.3 Å². The van der Waals surface area contributed by atoms with Gasteiger partial charge in [0.05, 0.1) is 27.1 Å². The zero-order valence-electron chi connectivity index (χ0n) is 9.61. The van der Waals surface area contributed by atoms with Crippen molar-refractivity contribution >= 4 is 27.0 Å². The van der Waals surface area contributed by atoms with E-state index in [1.807, 2.05) is 6.07 Å². The van der Waals surface area contributed by atoms with Gasteiger partial charge in [-0.2, -0.15) is 5.26 Å². The average molecular weight is 316 g/mol. The fourth-order valence-corrected chi connectivity index (χ4v) is 2.21. The quantitative estimate of drug-likeness (QED) is 0.737. The van der Waals surface area contributed by atoms with Crippen LogP contribution in [0.25, 0.3) is 22.4 Å². The molecule has 5 heteroatoms. The lowest BCUT2D eigenvalue weighted by molar-refractivity contribution is 0.623. The number of H-pyrrole nitrogens is 1. The number of aromatic amines is 1. The molecule has 3 nitrogen and oxygen atoms in total. The standard InChI is InChI=1S/C14H7BrFN3/c15-10-5-12-13(6-11(10)16)19-14(18-12)9-3-1-2-8(4-9)7-17/h1-6H,(H,18,19). The number of nitrogens with zero attached hydrogens (tertiary/aromatic N) is 2. The molecule has 0 unspecified atom stereocenters. The van der Waals surface area contributed by atoms with Crippen molar-refractivity contribution in [1.82, 2.24) is 9.97 Å². The van der Waals surface area contributed by atoms with Gasteiger partial charge in [0.15, 0.2) is 0 Å². The lowest BCUT2D eigenvalue weighted by atomic mass is 10.1. The van der Waals surface area contributed by atoms with Crippen LogP contribution in [0, 0.1) is 17.1 Å². The molecule has 0 bridgehead atoms. The number of imidazole rings is 1. The highest BCUT2D eigenvalue weighted by Gasteiger charge is 2.09. The third kappa shape index (κ3) is 2.11. The van der Waals surface area contributed by atoms with Crippen molar-refractivity contribution in [3.8, 4) is 17.5 Å². The van der Waals surface area contributed by atoms with Gasteiger partial charge in [0.1, 0.15) is 11.6 Å². The second kappa shape index (κ2) is 4.48. The summed E-state index contributed by atoms with van der Waals surface area (Å²) >= 11 is 3.13. The summed E-state index contributed by atoms with van der Waals surface area (Å²) in [6.45, 7) is 0. The Morgan fingerprint density at radius 2 is 2.11 bits per heavy atom. The van der Waals surface area contributed by atoms with Crippen LogP contribution in [0.1, 0.15) is 5.56 Å². The number of aromatic nitrogens is 2. The van der Waals surface area contributed by atoms with Crippen LogP contribution in [0.2, 0.25) is 0 Å². The van der Waals surface area contributed by atoms with Crippen molar-refractivity contribution < 1.29 is 4.39 Å². The van der Waals surface area contributed by atoms with Gasteiger partial charge in [-0.15, -0.1) is 0 Å². The first-order valence-electron chi connectivity index (χ1n) is 5.52. The molecule has 1 heterocycles. The number of halogens is 2. The minimum atomic E-state index is -0.339. The van der Waals surface area contributed by atoms with Gasteiger partial charge in [-0.3, -0.25) is 0 Å². The summed E-state index contributed by atoms with van der Waals surface area (Å²) in [6.07, 6.45) is 0. The van der Waals surface area contributed by atoms with Gasteiger partial charge in [0.2, 0.25) is 0 Å². The van der Waals surface area contributed by atoms with Crippen molar-refractivity contribution in [1.29, 1.82) is 5.26 Å². The maximum Gasteiger partial charge on any atom is 0.139 e. The number of hydrogen-bond donors (Lipinski definition) is 1. The zero-order valence-corrected chi connectivity index (χ0v) is 11.2. The molecule has 0 fully saturated rings. The summed E-state index contributed by atoms with van der Waals surface area (Å²) in [4.78, 5) is 7.45. The predicted molar refractivity (Wildman–Crippen MR) is 73.9 cm³/mol. The Labute approximate surface area is 116 Å². The molecule has 0 atom stereocenters. The number of nitrogens with one attached hydrogen (secondary N) is 1. The molecule has 3 aromatic rings. The summed E-state index contributed by atoms with van der Waals surface area (Å²) in [5.41, 5.74) is 2.65. The summed E-state index contributed by atoms with van der Waals surface area (Å²) < 4.78 is 13.8. The van der Waals surface area contributed by atoms with Crippen molar-refractivity contribution in [3.05, 3.63) is 52.3 Å². The molecule has 1 aromatic heterocycles. The van der Waals surface area contributed by atoms with Gasteiger partial charge in [0, 0.05) is 11.6 Å². The predicted octanol–water partition coefficient (Wildman–Crippen LogP) is 4.00. The van der Waals surface area contributed by atoms with E-state index in [9.17, 15) is 4.39 Å². The lowest BCUT2D eigenvalue weighted by Gasteiger charge is -1.96. The molecule has 3 rings (SSSR count). The fraction of sp³-hybridized carbons (Fsp3) is 0. The van der Waals surface area contributed by atoms with Crippen LogP contribution < -0.4 is 0 Å². The fourth-order valence-electron chi connectivity index (χ4n) is 1.88. The Balaban J connectivity index is 2.18. The maximum absolute atomic E-state index is 13.4. The molecule has 0 aliphatic carbocycles. The Morgan fingerprint density at radius 3 is 2.89 bits per heavy atom. The summed E-state index contributed by atoms with van der Waals surface area (Å²) in [5.74, 6) is 0.276. The van der Waals surface area contributed by atoms with E-state index < -0.39 is 0 Å². The highest BCUT2D eigenvalue weighted by atomic mass is 79.9. The van der Waals surface area contributed by atoms with Crippen molar-refractivity contribution in [2.24, 2.45) is 0 Å². The van der Waals surface area contributed by atoms with Gasteiger partial charge in [-0.25, -0.2) is 9.37 Å².